The van der Waals surface area contributed by atoms with Crippen molar-refractivity contribution in [3.8, 4) is 23.0 Å². The molecule has 0 saturated carbocycles. The maximum atomic E-state index is 15.5. The number of benzene rings is 2. The Labute approximate surface area is 278 Å². The molecule has 2 atom stereocenters. The van der Waals surface area contributed by atoms with Crippen LogP contribution < -0.4 is 18.9 Å². The maximum Gasteiger partial charge on any atom is 0.306 e. The van der Waals surface area contributed by atoms with E-state index in [0.29, 0.717) is 33.5 Å². The number of carboxylic acid groups (broad SMARTS) is 1. The average Bonchev–Trinajstić information content (AvgIpc) is 3.67. The number of halogens is 2. The lowest BCUT2D eigenvalue weighted by molar-refractivity contribution is -0.141. The molecule has 4 rings (SSSR count). The minimum Gasteiger partial charge on any atom is -0.493 e. The van der Waals surface area contributed by atoms with Crippen LogP contribution in [-0.4, -0.2) is 55.9 Å². The van der Waals surface area contributed by atoms with Crippen LogP contribution in [0.15, 0.2) is 24.3 Å². The highest BCUT2D eigenvalue weighted by Crippen LogP contribution is 2.42. The molecule has 9 nitrogen and oxygen atoms in total. The van der Waals surface area contributed by atoms with Crippen LogP contribution in [-0.2, 0) is 9.59 Å². The Balaban J connectivity index is 1.34. The van der Waals surface area contributed by atoms with Crippen LogP contribution in [0.2, 0.25) is 0 Å². The molecule has 0 fully saturated rings. The molecule has 13 heteroatoms. The largest absolute Gasteiger partial charge is 0.493 e. The highest BCUT2D eigenvalue weighted by Gasteiger charge is 2.24. The second-order valence-corrected chi connectivity index (χ2v) is 13.4. The van der Waals surface area contributed by atoms with E-state index in [-0.39, 0.29) is 82.1 Å². The summed E-state index contributed by atoms with van der Waals surface area (Å²) in [5, 5.41) is 9.52. The number of carboxylic acids is 1. The third-order valence-corrected chi connectivity index (χ3v) is 9.98. The van der Waals surface area contributed by atoms with E-state index < -0.39 is 29.4 Å². The molecule has 0 saturated heterocycles. The lowest BCUT2D eigenvalue weighted by Gasteiger charge is -2.13. The monoisotopic (exact) mass is 690 g/mol. The molecule has 2 heterocycles. The van der Waals surface area contributed by atoms with Crippen LogP contribution >= 0.6 is 22.7 Å². The van der Waals surface area contributed by atoms with Gasteiger partial charge in [0.25, 0.3) is 0 Å². The molecule has 0 aliphatic heterocycles. The first kappa shape index (κ1) is 35.7. The predicted octanol–water partition coefficient (Wildman–Crippen LogP) is 8.13. The van der Waals surface area contributed by atoms with E-state index in [9.17, 15) is 19.2 Å². The maximum absolute atomic E-state index is 15.5. The minimum atomic E-state index is -1.08. The van der Waals surface area contributed by atoms with Gasteiger partial charge < -0.3 is 24.1 Å². The fourth-order valence-corrected chi connectivity index (χ4v) is 6.83. The molecule has 0 bridgehead atoms. The zero-order chi connectivity index (χ0) is 34.4. The van der Waals surface area contributed by atoms with Gasteiger partial charge in [0.2, 0.25) is 0 Å². The van der Waals surface area contributed by atoms with Gasteiger partial charge in [-0.05, 0) is 38.3 Å². The van der Waals surface area contributed by atoms with Crippen LogP contribution in [0.3, 0.4) is 0 Å². The van der Waals surface area contributed by atoms with Gasteiger partial charge in [0.1, 0.15) is 5.78 Å². The SMILES string of the molecule is COc1cc2sc(C(=O)C[C@H](C)C(C)=O)cc2c(F)c1OCCCCCOc1c(OC)cc2sc(C(=O)C[C@H](C)C(=O)O)cc2c1F. The summed E-state index contributed by atoms with van der Waals surface area (Å²) in [4.78, 5) is 48.5. The summed E-state index contributed by atoms with van der Waals surface area (Å²) < 4.78 is 54.1. The molecule has 0 radical (unpaired) electrons. The topological polar surface area (TPSA) is 125 Å². The summed E-state index contributed by atoms with van der Waals surface area (Å²) in [5.74, 6) is -4.15. The summed E-state index contributed by atoms with van der Waals surface area (Å²) in [5.41, 5.74) is 0. The van der Waals surface area contributed by atoms with E-state index in [1.165, 1.54) is 40.2 Å². The lowest BCUT2D eigenvalue weighted by Crippen LogP contribution is -2.13. The second kappa shape index (κ2) is 15.7. The lowest BCUT2D eigenvalue weighted by atomic mass is 10.00. The van der Waals surface area contributed by atoms with Crippen LogP contribution in [0, 0.1) is 23.5 Å². The van der Waals surface area contributed by atoms with E-state index in [4.69, 9.17) is 24.1 Å². The van der Waals surface area contributed by atoms with E-state index in [2.05, 4.69) is 0 Å². The fraction of sp³-hybridized carbons (Fsp3) is 0.412. The Hall–Kier alpha value is -4.10. The van der Waals surface area contributed by atoms with Gasteiger partial charge in [-0.2, -0.15) is 0 Å². The number of carbonyl (C=O) groups excluding carboxylic acids is 3. The van der Waals surface area contributed by atoms with Crippen LogP contribution in [0.4, 0.5) is 8.78 Å². The first-order chi connectivity index (χ1) is 22.4. The molecule has 4 aromatic rings. The molecule has 0 spiro atoms. The number of thiophene rings is 2. The van der Waals surface area contributed by atoms with Crippen molar-refractivity contribution in [3.63, 3.8) is 0 Å². The molecule has 0 aliphatic carbocycles. The zero-order valence-electron chi connectivity index (χ0n) is 26.7. The van der Waals surface area contributed by atoms with Gasteiger partial charge in [0.05, 0.1) is 43.1 Å². The Morgan fingerprint density at radius 3 is 1.53 bits per heavy atom. The van der Waals surface area contributed by atoms with Crippen molar-refractivity contribution >= 4 is 66.2 Å². The van der Waals surface area contributed by atoms with Crippen molar-refractivity contribution < 1.29 is 52.0 Å². The van der Waals surface area contributed by atoms with E-state index in [1.54, 1.807) is 19.1 Å². The summed E-state index contributed by atoms with van der Waals surface area (Å²) in [6.45, 7) is 4.88. The van der Waals surface area contributed by atoms with E-state index >= 15 is 8.78 Å². The number of rotatable bonds is 18. The average molecular weight is 691 g/mol. The number of carbonyl (C=O) groups is 4. The molecule has 0 aliphatic rings. The highest BCUT2D eigenvalue weighted by atomic mass is 32.1. The van der Waals surface area contributed by atoms with Crippen molar-refractivity contribution in [2.45, 2.75) is 52.9 Å². The van der Waals surface area contributed by atoms with E-state index in [1.807, 2.05) is 0 Å². The Bertz CT molecular complexity index is 1680. The van der Waals surface area contributed by atoms with Crippen LogP contribution in [0.1, 0.15) is 72.2 Å². The number of hydrogen-bond acceptors (Lipinski definition) is 10. The third-order valence-electron chi connectivity index (χ3n) is 7.73. The Morgan fingerprint density at radius 1 is 0.723 bits per heavy atom. The van der Waals surface area contributed by atoms with Crippen molar-refractivity contribution in [1.29, 1.82) is 0 Å². The van der Waals surface area contributed by atoms with Crippen LogP contribution in [0.5, 0.6) is 23.0 Å². The first-order valence-corrected chi connectivity index (χ1v) is 16.6. The van der Waals surface area contributed by atoms with Gasteiger partial charge in [-0.3, -0.25) is 19.2 Å². The molecular weight excluding hydrogens is 654 g/mol. The summed E-state index contributed by atoms with van der Waals surface area (Å²) in [6, 6.07) is 6.10. The summed E-state index contributed by atoms with van der Waals surface area (Å²) >= 11 is 2.20. The standard InChI is InChI=1S/C34H36F2O9S2/c1-17(19(3)37)11-22(38)28-13-20-26(46-28)15-24(42-4)32(30(20)35)44-9-7-6-8-10-45-33-25(43-5)16-27-21(31(33)36)14-29(47-27)23(39)12-18(2)34(40)41/h13-18H,6-12H2,1-5H3,(H,40,41)/t17-,18-/m0/s1. The number of ether oxygens (including phenoxy) is 4. The summed E-state index contributed by atoms with van der Waals surface area (Å²) in [6.07, 6.45) is 1.53. The van der Waals surface area contributed by atoms with E-state index in [0.717, 1.165) is 22.7 Å². The molecule has 47 heavy (non-hydrogen) atoms. The number of aliphatic carboxylic acids is 1. The van der Waals surface area contributed by atoms with Gasteiger partial charge in [-0.1, -0.05) is 13.8 Å². The minimum absolute atomic E-state index is 0.0491. The van der Waals surface area contributed by atoms with Gasteiger partial charge in [-0.25, -0.2) is 8.78 Å². The van der Waals surface area contributed by atoms with Gasteiger partial charge >= 0.3 is 5.97 Å². The molecule has 2 aromatic heterocycles. The van der Waals surface area contributed by atoms with Crippen molar-refractivity contribution in [1.82, 2.24) is 0 Å². The number of hydrogen-bond donors (Lipinski definition) is 1. The second-order valence-electron chi connectivity index (χ2n) is 11.3. The quantitative estimate of drug-likeness (QED) is 0.0814. The van der Waals surface area contributed by atoms with Crippen molar-refractivity contribution in [3.05, 3.63) is 45.7 Å². The number of Topliss-reactive ketones (excluding diaryl/α,β-unsaturated/α-hetero) is 3. The smallest absolute Gasteiger partial charge is 0.306 e. The highest BCUT2D eigenvalue weighted by molar-refractivity contribution is 7.21. The van der Waals surface area contributed by atoms with Crippen molar-refractivity contribution in [2.75, 3.05) is 27.4 Å². The molecule has 0 amide bonds. The number of fused-ring (bicyclic) bond motifs is 2. The zero-order valence-corrected chi connectivity index (χ0v) is 28.3. The number of ketones is 3. The van der Waals surface area contributed by atoms with Crippen molar-refractivity contribution in [2.24, 2.45) is 11.8 Å². The fourth-order valence-electron chi connectivity index (χ4n) is 4.76. The van der Waals surface area contributed by atoms with Crippen LogP contribution in [0.25, 0.3) is 20.2 Å². The molecule has 0 unspecified atom stereocenters. The normalized spacial score (nSPS) is 12.6. The molecule has 2 aromatic carbocycles. The molecule has 1 N–H and O–H groups in total. The van der Waals surface area contributed by atoms with Gasteiger partial charge in [-0.15, -0.1) is 22.7 Å². The third kappa shape index (κ3) is 8.25. The molecular formula is C34H36F2O9S2. The first-order valence-electron chi connectivity index (χ1n) is 15.0. The van der Waals surface area contributed by atoms with Gasteiger partial charge in [0, 0.05) is 51.1 Å². The molecule has 252 valence electrons. The van der Waals surface area contributed by atoms with Gasteiger partial charge in [0.15, 0.2) is 46.2 Å². The predicted molar refractivity (Wildman–Crippen MR) is 176 cm³/mol. The number of unbranched alkanes of at least 4 members (excludes halogenated alkanes) is 2. The Kier molecular flexibility index (Phi) is 11.9. The number of methoxy groups -OCH3 is 2. The Morgan fingerprint density at radius 2 is 1.15 bits per heavy atom. The summed E-state index contributed by atoms with van der Waals surface area (Å²) in [7, 11) is 2.78.